The Morgan fingerprint density at radius 1 is 1.42 bits per heavy atom. The first-order valence-electron chi connectivity index (χ1n) is 7.85. The number of amides is 1. The van der Waals surface area contributed by atoms with Gasteiger partial charge in [-0.15, -0.1) is 15.3 Å². The minimum Gasteiger partial charge on any atom is -0.337 e. The molecular weight excluding hydrogens is 328 g/mol. The van der Waals surface area contributed by atoms with Gasteiger partial charge in [-0.25, -0.2) is 4.98 Å². The third kappa shape index (κ3) is 3.02. The van der Waals surface area contributed by atoms with Crippen LogP contribution in [0.2, 0.25) is 0 Å². The summed E-state index contributed by atoms with van der Waals surface area (Å²) in [5, 5.41) is 15.4. The van der Waals surface area contributed by atoms with Crippen molar-refractivity contribution in [3.8, 4) is 0 Å². The molecule has 10 heteroatoms. The fourth-order valence-corrected chi connectivity index (χ4v) is 3.64. The van der Waals surface area contributed by atoms with Crippen LogP contribution in [0.5, 0.6) is 0 Å². The highest BCUT2D eigenvalue weighted by Crippen LogP contribution is 2.22. The number of anilines is 1. The number of carbonyl (C=O) groups is 1. The molecule has 4 heterocycles. The van der Waals surface area contributed by atoms with Crippen molar-refractivity contribution in [2.75, 3.05) is 18.4 Å². The zero-order valence-electron chi connectivity index (χ0n) is 13.3. The molecule has 1 fully saturated rings. The molecule has 0 unspecified atom stereocenters. The van der Waals surface area contributed by atoms with Gasteiger partial charge >= 0.3 is 0 Å². The van der Waals surface area contributed by atoms with Gasteiger partial charge in [-0.05, 0) is 25.9 Å². The number of hydrogen-bond acceptors (Lipinski definition) is 7. The standard InChI is InChI=1S/C14H18N8OS/c1-20-7-4-15-11(20)8-21-5-2-10(3-6-21)12(23)17-13-19-22-9-16-18-14(22)24-13/h4,7,9-10H,2-3,5-6,8H2,1H3,(H,17,19,23). The van der Waals surface area contributed by atoms with Crippen molar-refractivity contribution in [2.45, 2.75) is 19.4 Å². The van der Waals surface area contributed by atoms with Crippen LogP contribution < -0.4 is 5.32 Å². The average Bonchev–Trinajstić information content (AvgIpc) is 3.25. The van der Waals surface area contributed by atoms with Crippen LogP contribution in [-0.2, 0) is 18.4 Å². The van der Waals surface area contributed by atoms with Crippen LogP contribution in [0.4, 0.5) is 5.13 Å². The number of carbonyl (C=O) groups excluding carboxylic acids is 1. The summed E-state index contributed by atoms with van der Waals surface area (Å²) in [4.78, 5) is 19.8. The predicted octanol–water partition coefficient (Wildman–Crippen LogP) is 0.770. The van der Waals surface area contributed by atoms with Crippen LogP contribution in [0, 0.1) is 5.92 Å². The number of nitrogens with one attached hydrogen (secondary N) is 1. The number of aromatic nitrogens is 6. The second kappa shape index (κ2) is 6.29. The lowest BCUT2D eigenvalue weighted by Gasteiger charge is -2.30. The maximum absolute atomic E-state index is 12.4. The second-order valence-corrected chi connectivity index (χ2v) is 6.92. The predicted molar refractivity (Wildman–Crippen MR) is 88.5 cm³/mol. The number of fused-ring (bicyclic) bond motifs is 1. The summed E-state index contributed by atoms with van der Waals surface area (Å²) < 4.78 is 3.60. The topological polar surface area (TPSA) is 93.2 Å². The molecule has 1 aliphatic heterocycles. The van der Waals surface area contributed by atoms with E-state index >= 15 is 0 Å². The monoisotopic (exact) mass is 346 g/mol. The zero-order valence-corrected chi connectivity index (χ0v) is 14.1. The molecule has 1 saturated heterocycles. The highest BCUT2D eigenvalue weighted by atomic mass is 32.1. The fourth-order valence-electron chi connectivity index (χ4n) is 2.92. The minimum absolute atomic E-state index is 0.0250. The van der Waals surface area contributed by atoms with Gasteiger partial charge in [0.1, 0.15) is 12.2 Å². The summed E-state index contributed by atoms with van der Waals surface area (Å²) >= 11 is 1.33. The first kappa shape index (κ1) is 15.2. The molecule has 0 bridgehead atoms. The van der Waals surface area contributed by atoms with E-state index in [2.05, 4.69) is 30.5 Å². The lowest BCUT2D eigenvalue weighted by molar-refractivity contribution is -0.121. The van der Waals surface area contributed by atoms with Crippen LogP contribution in [0.15, 0.2) is 18.7 Å². The Morgan fingerprint density at radius 2 is 2.25 bits per heavy atom. The number of nitrogens with zero attached hydrogens (tertiary/aromatic N) is 7. The Labute approximate surface area is 142 Å². The third-order valence-electron chi connectivity index (χ3n) is 4.36. The summed E-state index contributed by atoms with van der Waals surface area (Å²) in [5.74, 6) is 1.12. The van der Waals surface area contributed by atoms with E-state index in [-0.39, 0.29) is 11.8 Å². The largest absolute Gasteiger partial charge is 0.337 e. The minimum atomic E-state index is 0.0250. The van der Waals surface area contributed by atoms with Crippen molar-refractivity contribution in [1.82, 2.24) is 34.3 Å². The summed E-state index contributed by atoms with van der Waals surface area (Å²) in [5.41, 5.74) is 0. The molecule has 1 aliphatic rings. The van der Waals surface area contributed by atoms with Crippen LogP contribution in [-0.4, -0.2) is 53.3 Å². The van der Waals surface area contributed by atoms with Crippen molar-refractivity contribution in [3.05, 3.63) is 24.5 Å². The van der Waals surface area contributed by atoms with Gasteiger partial charge < -0.3 is 9.88 Å². The molecule has 1 N–H and O–H groups in total. The van der Waals surface area contributed by atoms with Crippen molar-refractivity contribution < 1.29 is 4.79 Å². The molecule has 0 saturated carbocycles. The Balaban J connectivity index is 1.31. The van der Waals surface area contributed by atoms with E-state index in [1.165, 1.54) is 17.7 Å². The maximum Gasteiger partial charge on any atom is 0.236 e. The molecule has 4 rings (SSSR count). The van der Waals surface area contributed by atoms with Crippen molar-refractivity contribution in [1.29, 1.82) is 0 Å². The molecule has 0 spiro atoms. The van der Waals surface area contributed by atoms with Crippen LogP contribution in [0.25, 0.3) is 4.96 Å². The Kier molecular flexibility index (Phi) is 3.98. The first-order chi connectivity index (χ1) is 11.7. The molecule has 0 radical (unpaired) electrons. The Hall–Kier alpha value is -2.33. The van der Waals surface area contributed by atoms with E-state index in [4.69, 9.17) is 0 Å². The average molecular weight is 346 g/mol. The van der Waals surface area contributed by atoms with E-state index < -0.39 is 0 Å². The highest BCUT2D eigenvalue weighted by Gasteiger charge is 2.26. The van der Waals surface area contributed by atoms with E-state index in [1.807, 2.05) is 24.0 Å². The molecule has 0 atom stereocenters. The number of rotatable bonds is 4. The van der Waals surface area contributed by atoms with Gasteiger partial charge in [-0.3, -0.25) is 9.69 Å². The van der Waals surface area contributed by atoms with E-state index in [0.717, 1.165) is 38.3 Å². The highest BCUT2D eigenvalue weighted by molar-refractivity contribution is 7.20. The summed E-state index contributed by atoms with van der Waals surface area (Å²) in [6.07, 6.45) is 6.99. The van der Waals surface area contributed by atoms with Crippen LogP contribution in [0.1, 0.15) is 18.7 Å². The number of aryl methyl sites for hydroxylation is 1. The second-order valence-electron chi connectivity index (χ2n) is 5.96. The SMILES string of the molecule is Cn1ccnc1CN1CCC(C(=O)Nc2nn3cnnc3s2)CC1. The molecule has 126 valence electrons. The van der Waals surface area contributed by atoms with E-state index in [9.17, 15) is 4.79 Å². The third-order valence-corrected chi connectivity index (χ3v) is 5.19. The summed E-state index contributed by atoms with van der Waals surface area (Å²) in [7, 11) is 2.00. The molecule has 3 aromatic rings. The van der Waals surface area contributed by atoms with E-state index in [0.29, 0.717) is 10.1 Å². The smallest absolute Gasteiger partial charge is 0.236 e. The fraction of sp³-hybridized carbons (Fsp3) is 0.500. The Morgan fingerprint density at radius 3 is 2.96 bits per heavy atom. The van der Waals surface area contributed by atoms with Crippen molar-refractivity contribution in [2.24, 2.45) is 13.0 Å². The molecule has 1 amide bonds. The van der Waals surface area contributed by atoms with E-state index in [1.54, 1.807) is 4.52 Å². The molecule has 0 aromatic carbocycles. The van der Waals surface area contributed by atoms with Gasteiger partial charge in [0, 0.05) is 25.4 Å². The van der Waals surface area contributed by atoms with Gasteiger partial charge in [-0.1, -0.05) is 11.3 Å². The van der Waals surface area contributed by atoms with Crippen LogP contribution >= 0.6 is 11.3 Å². The van der Waals surface area contributed by atoms with Crippen LogP contribution in [0.3, 0.4) is 0 Å². The quantitative estimate of drug-likeness (QED) is 0.750. The van der Waals surface area contributed by atoms with Gasteiger partial charge in [-0.2, -0.15) is 4.52 Å². The Bertz CT molecular complexity index is 815. The van der Waals surface area contributed by atoms with Gasteiger partial charge in [0.25, 0.3) is 0 Å². The number of piperidine rings is 1. The number of imidazole rings is 1. The molecule has 9 nitrogen and oxygen atoms in total. The number of likely N-dealkylation sites (tertiary alicyclic amines) is 1. The van der Waals surface area contributed by atoms with Gasteiger partial charge in [0.2, 0.25) is 16.0 Å². The molecule has 0 aliphatic carbocycles. The maximum atomic E-state index is 12.4. The zero-order chi connectivity index (χ0) is 16.5. The first-order valence-corrected chi connectivity index (χ1v) is 8.67. The summed E-state index contributed by atoms with van der Waals surface area (Å²) in [6.45, 7) is 2.63. The lowest BCUT2D eigenvalue weighted by Crippen LogP contribution is -2.38. The molecule has 3 aromatic heterocycles. The normalized spacial score (nSPS) is 16.7. The van der Waals surface area contributed by atoms with Crippen molar-refractivity contribution in [3.63, 3.8) is 0 Å². The summed E-state index contributed by atoms with van der Waals surface area (Å²) in [6, 6.07) is 0. The molecule has 24 heavy (non-hydrogen) atoms. The lowest BCUT2D eigenvalue weighted by atomic mass is 9.96. The van der Waals surface area contributed by atoms with Gasteiger partial charge in [0.15, 0.2) is 0 Å². The number of hydrogen-bond donors (Lipinski definition) is 1. The van der Waals surface area contributed by atoms with Crippen molar-refractivity contribution >= 4 is 27.3 Å². The van der Waals surface area contributed by atoms with Gasteiger partial charge in [0.05, 0.1) is 6.54 Å². The molecular formula is C14H18N8OS.